The highest BCUT2D eigenvalue weighted by molar-refractivity contribution is 5.69. The van der Waals surface area contributed by atoms with Crippen LogP contribution in [0.15, 0.2) is 54.7 Å². The monoisotopic (exact) mass is 426 g/mol. The molecule has 0 unspecified atom stereocenters. The van der Waals surface area contributed by atoms with E-state index >= 15 is 0 Å². The van der Waals surface area contributed by atoms with Crippen LogP contribution in [0.1, 0.15) is 29.2 Å². The van der Waals surface area contributed by atoms with Gasteiger partial charge in [0, 0.05) is 30.6 Å². The fourth-order valence-electron chi connectivity index (χ4n) is 2.80. The van der Waals surface area contributed by atoms with Gasteiger partial charge in [-0.05, 0) is 79.1 Å². The first-order valence-electron chi connectivity index (χ1n) is 9.56. The summed E-state index contributed by atoms with van der Waals surface area (Å²) in [7, 11) is 0. The summed E-state index contributed by atoms with van der Waals surface area (Å²) in [6.07, 6.45) is 4.93. The Hall–Kier alpha value is -4.69. The van der Waals surface area contributed by atoms with Crippen LogP contribution >= 0.6 is 0 Å². The Morgan fingerprint density at radius 1 is 1.06 bits per heavy atom. The van der Waals surface area contributed by atoms with Gasteiger partial charge in [-0.15, -0.1) is 0 Å². The molecule has 0 aliphatic carbocycles. The molecule has 0 radical (unpaired) electrons. The minimum Gasteiger partial charge on any atom is -0.481 e. The van der Waals surface area contributed by atoms with Crippen LogP contribution in [-0.2, 0) is 4.79 Å². The van der Waals surface area contributed by atoms with Gasteiger partial charge in [0.2, 0.25) is 5.95 Å². The van der Waals surface area contributed by atoms with Gasteiger partial charge < -0.3 is 15.7 Å². The molecule has 8 nitrogen and oxygen atoms in total. The Morgan fingerprint density at radius 3 is 2.25 bits per heavy atom. The summed E-state index contributed by atoms with van der Waals surface area (Å²) in [5.41, 5.74) is 5.46. The average Bonchev–Trinajstić information content (AvgIpc) is 2.75. The maximum Gasteiger partial charge on any atom is 0.300 e. The predicted molar refractivity (Wildman–Crippen MR) is 124 cm³/mol. The van der Waals surface area contributed by atoms with Gasteiger partial charge in [0.1, 0.15) is 5.82 Å². The van der Waals surface area contributed by atoms with Crippen LogP contribution in [0, 0.1) is 36.5 Å². The summed E-state index contributed by atoms with van der Waals surface area (Å²) in [6.45, 7) is 5.10. The number of hydrogen-bond donors (Lipinski definition) is 3. The molecule has 0 amide bonds. The number of carboxylic acids is 1. The molecule has 3 aromatic rings. The van der Waals surface area contributed by atoms with E-state index in [0.717, 1.165) is 35.0 Å². The van der Waals surface area contributed by atoms with Crippen LogP contribution in [0.3, 0.4) is 0 Å². The van der Waals surface area contributed by atoms with Crippen molar-refractivity contribution in [3.05, 3.63) is 77.0 Å². The van der Waals surface area contributed by atoms with Crippen LogP contribution in [0.25, 0.3) is 6.08 Å². The predicted octanol–water partition coefficient (Wildman–Crippen LogP) is 5.08. The normalized spacial score (nSPS) is 9.78. The molecule has 1 heterocycles. The fraction of sp³-hybridized carbons (Fsp3) is 0.125. The lowest BCUT2D eigenvalue weighted by Crippen LogP contribution is -2.02. The highest BCUT2D eigenvalue weighted by atomic mass is 16.4. The SMILES string of the molecule is CC(=O)O.Cc1cc(/C=C/C#N)cc(C)c1Nc1ccnc(Nc2ccc(C#N)cc2)n1. The molecule has 3 rings (SSSR count). The maximum atomic E-state index is 9.00. The minimum absolute atomic E-state index is 0.457. The molecule has 32 heavy (non-hydrogen) atoms. The number of rotatable bonds is 5. The summed E-state index contributed by atoms with van der Waals surface area (Å²) in [5.74, 6) is 0.288. The van der Waals surface area contributed by atoms with Crippen molar-refractivity contribution in [2.24, 2.45) is 0 Å². The molecule has 1 aromatic heterocycles. The van der Waals surface area contributed by atoms with Crippen LogP contribution in [-0.4, -0.2) is 21.0 Å². The third-order valence-electron chi connectivity index (χ3n) is 4.08. The fourth-order valence-corrected chi connectivity index (χ4v) is 2.80. The highest BCUT2D eigenvalue weighted by Gasteiger charge is 2.07. The van der Waals surface area contributed by atoms with E-state index in [0.29, 0.717) is 17.3 Å². The molecule has 3 N–H and O–H groups in total. The van der Waals surface area contributed by atoms with Gasteiger partial charge in [-0.1, -0.05) is 0 Å². The van der Waals surface area contributed by atoms with E-state index in [1.165, 1.54) is 6.08 Å². The number of nitrogens with zero attached hydrogens (tertiary/aromatic N) is 4. The number of anilines is 4. The number of nitrogens with one attached hydrogen (secondary N) is 2. The average molecular weight is 426 g/mol. The van der Waals surface area contributed by atoms with Gasteiger partial charge in [-0.3, -0.25) is 4.79 Å². The molecule has 2 aromatic carbocycles. The molecule has 0 saturated heterocycles. The standard InChI is InChI=1S/C22H18N6.C2H4O2/c1-15-12-18(4-3-10-23)13-16(2)21(15)27-20-9-11-25-22(28-20)26-19-7-5-17(14-24)6-8-19;1-2(3)4/h3-9,11-13H,1-2H3,(H2,25,26,27,28);1H3,(H,3,4)/b4-3+;. The molecule has 0 aliphatic heterocycles. The van der Waals surface area contributed by atoms with E-state index < -0.39 is 5.97 Å². The van der Waals surface area contributed by atoms with Crippen LogP contribution in [0.5, 0.6) is 0 Å². The topological polar surface area (TPSA) is 135 Å². The Morgan fingerprint density at radius 2 is 1.69 bits per heavy atom. The first kappa shape index (κ1) is 23.6. The maximum absolute atomic E-state index is 9.00. The molecular weight excluding hydrogens is 404 g/mol. The number of aryl methyl sites for hydroxylation is 2. The second-order valence-electron chi connectivity index (χ2n) is 6.72. The molecule has 160 valence electrons. The molecule has 0 saturated carbocycles. The molecule has 0 spiro atoms. The summed E-state index contributed by atoms with van der Waals surface area (Å²) in [5, 5.41) is 31.5. The van der Waals surface area contributed by atoms with E-state index in [9.17, 15) is 0 Å². The largest absolute Gasteiger partial charge is 0.481 e. The number of allylic oxidation sites excluding steroid dienone is 1. The zero-order chi connectivity index (χ0) is 23.5. The van der Waals surface area contributed by atoms with Gasteiger partial charge >= 0.3 is 0 Å². The van der Waals surface area contributed by atoms with E-state index in [1.807, 2.05) is 44.2 Å². The number of carbonyl (C=O) groups is 1. The minimum atomic E-state index is -0.833. The zero-order valence-corrected chi connectivity index (χ0v) is 17.9. The van der Waals surface area contributed by atoms with Crippen molar-refractivity contribution in [1.29, 1.82) is 10.5 Å². The van der Waals surface area contributed by atoms with Gasteiger partial charge in [-0.2, -0.15) is 15.5 Å². The number of benzene rings is 2. The zero-order valence-electron chi connectivity index (χ0n) is 17.9. The number of hydrogen-bond acceptors (Lipinski definition) is 7. The van der Waals surface area contributed by atoms with Crippen molar-refractivity contribution in [2.45, 2.75) is 20.8 Å². The number of aliphatic carboxylic acids is 1. The molecule has 0 aliphatic rings. The molecular formula is C24H22N6O2. The second-order valence-corrected chi connectivity index (χ2v) is 6.72. The van der Waals surface area contributed by atoms with E-state index in [1.54, 1.807) is 30.5 Å². The first-order valence-corrected chi connectivity index (χ1v) is 9.56. The summed E-state index contributed by atoms with van der Waals surface area (Å²) >= 11 is 0. The molecule has 0 bridgehead atoms. The lowest BCUT2D eigenvalue weighted by molar-refractivity contribution is -0.134. The van der Waals surface area contributed by atoms with Gasteiger partial charge in [0.05, 0.1) is 17.7 Å². The van der Waals surface area contributed by atoms with Crippen molar-refractivity contribution < 1.29 is 9.90 Å². The molecule has 0 atom stereocenters. The lowest BCUT2D eigenvalue weighted by atomic mass is 10.0. The van der Waals surface area contributed by atoms with Crippen LogP contribution in [0.2, 0.25) is 0 Å². The summed E-state index contributed by atoms with van der Waals surface area (Å²) in [4.78, 5) is 17.7. The first-order chi connectivity index (χ1) is 15.3. The quantitative estimate of drug-likeness (QED) is 0.481. The number of carboxylic acid groups (broad SMARTS) is 1. The van der Waals surface area contributed by atoms with Crippen molar-refractivity contribution in [3.8, 4) is 12.1 Å². The summed E-state index contributed by atoms with van der Waals surface area (Å²) < 4.78 is 0. The number of aromatic nitrogens is 2. The Labute approximate surface area is 186 Å². The van der Waals surface area contributed by atoms with Crippen molar-refractivity contribution in [2.75, 3.05) is 10.6 Å². The second kappa shape index (κ2) is 11.5. The van der Waals surface area contributed by atoms with Crippen molar-refractivity contribution >= 4 is 35.2 Å². The van der Waals surface area contributed by atoms with Gasteiger partial charge in [-0.25, -0.2) is 4.98 Å². The third-order valence-corrected chi connectivity index (χ3v) is 4.08. The molecule has 0 fully saturated rings. The Bertz CT molecular complexity index is 1180. The Balaban J connectivity index is 0.000000837. The lowest BCUT2D eigenvalue weighted by Gasteiger charge is -2.14. The number of nitriles is 2. The highest BCUT2D eigenvalue weighted by Crippen LogP contribution is 2.26. The van der Waals surface area contributed by atoms with E-state index in [4.69, 9.17) is 20.4 Å². The van der Waals surface area contributed by atoms with Crippen LogP contribution in [0.4, 0.5) is 23.1 Å². The van der Waals surface area contributed by atoms with Gasteiger partial charge in [0.15, 0.2) is 0 Å². The van der Waals surface area contributed by atoms with E-state index in [-0.39, 0.29) is 0 Å². The third kappa shape index (κ3) is 7.29. The van der Waals surface area contributed by atoms with Crippen LogP contribution < -0.4 is 10.6 Å². The van der Waals surface area contributed by atoms with Crippen molar-refractivity contribution in [1.82, 2.24) is 9.97 Å². The van der Waals surface area contributed by atoms with Gasteiger partial charge in [0.25, 0.3) is 5.97 Å². The van der Waals surface area contributed by atoms with E-state index in [2.05, 4.69) is 26.7 Å². The van der Waals surface area contributed by atoms with Crippen molar-refractivity contribution in [3.63, 3.8) is 0 Å². The summed E-state index contributed by atoms with van der Waals surface area (Å²) in [6, 6.07) is 17.0. The molecule has 8 heteroatoms. The Kier molecular flexibility index (Phi) is 8.46. The smallest absolute Gasteiger partial charge is 0.300 e.